The Labute approximate surface area is 166 Å². The number of rotatable bonds is 8. The molecule has 1 aromatic heterocycles. The van der Waals surface area contributed by atoms with E-state index in [1.165, 1.54) is 4.90 Å². The summed E-state index contributed by atoms with van der Waals surface area (Å²) in [5, 5.41) is 16.1. The number of carbonyl (C=O) groups excluding carboxylic acids is 1. The molecular formula is C20H29N5O3. The summed E-state index contributed by atoms with van der Waals surface area (Å²) in [5.74, 6) is 1.44. The molecule has 152 valence electrons. The average Bonchev–Trinajstić information content (AvgIpc) is 2.66. The molecule has 2 rings (SSSR count). The highest BCUT2D eigenvalue weighted by molar-refractivity contribution is 5.98. The zero-order chi connectivity index (χ0) is 20.7. The largest absolute Gasteiger partial charge is 0.497 e. The fourth-order valence-corrected chi connectivity index (χ4v) is 2.31. The van der Waals surface area contributed by atoms with Gasteiger partial charge in [0.1, 0.15) is 11.6 Å². The number of carbonyl (C=O) groups is 1. The van der Waals surface area contributed by atoms with Crippen LogP contribution in [0.15, 0.2) is 36.5 Å². The lowest BCUT2D eigenvalue weighted by Crippen LogP contribution is -2.40. The van der Waals surface area contributed by atoms with Crippen molar-refractivity contribution >= 4 is 23.5 Å². The van der Waals surface area contributed by atoms with Crippen LogP contribution in [0.5, 0.6) is 5.75 Å². The maximum Gasteiger partial charge on any atom is 0.327 e. The van der Waals surface area contributed by atoms with Gasteiger partial charge in [0, 0.05) is 18.8 Å². The van der Waals surface area contributed by atoms with E-state index in [4.69, 9.17) is 4.74 Å². The number of hydrogen-bond donors (Lipinski definition) is 3. The highest BCUT2D eigenvalue weighted by Crippen LogP contribution is 2.27. The van der Waals surface area contributed by atoms with Crippen molar-refractivity contribution in [2.45, 2.75) is 45.8 Å². The Hall–Kier alpha value is -2.87. The SMILES string of the molecule is CCCNC(=O)N(c1ccc(OC)cc1)c1ccnc(NC(C)C(C)(C)O)n1. The van der Waals surface area contributed by atoms with E-state index in [0.717, 1.165) is 6.42 Å². The summed E-state index contributed by atoms with van der Waals surface area (Å²) in [6, 6.07) is 8.24. The van der Waals surface area contributed by atoms with E-state index in [-0.39, 0.29) is 12.1 Å². The minimum atomic E-state index is -0.951. The Morgan fingerprint density at radius 1 is 1.29 bits per heavy atom. The molecule has 0 saturated heterocycles. The summed E-state index contributed by atoms with van der Waals surface area (Å²) < 4.78 is 5.20. The first-order valence-corrected chi connectivity index (χ1v) is 9.30. The van der Waals surface area contributed by atoms with E-state index in [1.54, 1.807) is 57.5 Å². The zero-order valence-electron chi connectivity index (χ0n) is 17.1. The number of ether oxygens (including phenoxy) is 1. The Morgan fingerprint density at radius 2 is 1.96 bits per heavy atom. The molecule has 1 atom stereocenters. The number of amides is 2. The van der Waals surface area contributed by atoms with Gasteiger partial charge in [-0.05, 0) is 51.5 Å². The predicted octanol–water partition coefficient (Wildman–Crippen LogP) is 3.31. The number of methoxy groups -OCH3 is 1. The quantitative estimate of drug-likeness (QED) is 0.643. The zero-order valence-corrected chi connectivity index (χ0v) is 17.1. The fourth-order valence-electron chi connectivity index (χ4n) is 2.31. The van der Waals surface area contributed by atoms with Gasteiger partial charge in [-0.25, -0.2) is 14.7 Å². The number of aromatic nitrogens is 2. The number of hydrogen-bond acceptors (Lipinski definition) is 6. The van der Waals surface area contributed by atoms with Gasteiger partial charge in [-0.1, -0.05) is 6.92 Å². The highest BCUT2D eigenvalue weighted by atomic mass is 16.5. The second kappa shape index (κ2) is 9.36. The van der Waals surface area contributed by atoms with E-state index in [2.05, 4.69) is 20.6 Å². The van der Waals surface area contributed by atoms with Gasteiger partial charge in [0.25, 0.3) is 0 Å². The number of aliphatic hydroxyl groups is 1. The molecule has 0 spiro atoms. The van der Waals surface area contributed by atoms with Gasteiger partial charge in [0.15, 0.2) is 0 Å². The van der Waals surface area contributed by atoms with Gasteiger partial charge in [-0.2, -0.15) is 4.98 Å². The molecular weight excluding hydrogens is 358 g/mol. The molecule has 1 aromatic carbocycles. The summed E-state index contributed by atoms with van der Waals surface area (Å²) in [7, 11) is 1.59. The predicted molar refractivity (Wildman–Crippen MR) is 110 cm³/mol. The first kappa shape index (κ1) is 21.4. The van der Waals surface area contributed by atoms with Gasteiger partial charge >= 0.3 is 6.03 Å². The van der Waals surface area contributed by atoms with Gasteiger partial charge in [-0.15, -0.1) is 0 Å². The van der Waals surface area contributed by atoms with Gasteiger partial charge in [0.2, 0.25) is 5.95 Å². The first-order chi connectivity index (χ1) is 13.3. The maximum absolute atomic E-state index is 12.8. The van der Waals surface area contributed by atoms with Crippen LogP contribution in [-0.4, -0.2) is 46.4 Å². The molecule has 0 aliphatic carbocycles. The Kier molecular flexibility index (Phi) is 7.17. The third-order valence-corrected chi connectivity index (χ3v) is 4.34. The maximum atomic E-state index is 12.8. The molecule has 8 nitrogen and oxygen atoms in total. The van der Waals surface area contributed by atoms with Crippen LogP contribution in [0, 0.1) is 0 Å². The van der Waals surface area contributed by atoms with Crippen molar-refractivity contribution in [3.63, 3.8) is 0 Å². The average molecular weight is 387 g/mol. The Morgan fingerprint density at radius 3 is 2.54 bits per heavy atom. The third-order valence-electron chi connectivity index (χ3n) is 4.34. The van der Waals surface area contributed by atoms with Crippen LogP contribution in [0.1, 0.15) is 34.1 Å². The molecule has 3 N–H and O–H groups in total. The van der Waals surface area contributed by atoms with Crippen LogP contribution in [0.2, 0.25) is 0 Å². The second-order valence-electron chi connectivity index (χ2n) is 7.02. The molecule has 0 bridgehead atoms. The summed E-state index contributed by atoms with van der Waals surface area (Å²) in [4.78, 5) is 23.0. The smallest absolute Gasteiger partial charge is 0.327 e. The van der Waals surface area contributed by atoms with Crippen molar-refractivity contribution < 1.29 is 14.6 Å². The highest BCUT2D eigenvalue weighted by Gasteiger charge is 2.24. The van der Waals surface area contributed by atoms with E-state index in [1.807, 2.05) is 13.8 Å². The molecule has 28 heavy (non-hydrogen) atoms. The Bertz CT molecular complexity index is 774. The normalized spacial score (nSPS) is 12.2. The van der Waals surface area contributed by atoms with Gasteiger partial charge in [-0.3, -0.25) is 0 Å². The summed E-state index contributed by atoms with van der Waals surface area (Å²) in [6.07, 6.45) is 2.40. The van der Waals surface area contributed by atoms with Crippen molar-refractivity contribution in [2.24, 2.45) is 0 Å². The molecule has 0 fully saturated rings. The molecule has 2 aromatic rings. The molecule has 0 saturated carbocycles. The van der Waals surface area contributed by atoms with Crippen LogP contribution in [0.25, 0.3) is 0 Å². The number of urea groups is 1. The lowest BCUT2D eigenvalue weighted by atomic mass is 10.0. The molecule has 0 aliphatic heterocycles. The topological polar surface area (TPSA) is 99.6 Å². The fraction of sp³-hybridized carbons (Fsp3) is 0.450. The number of nitrogens with zero attached hydrogens (tertiary/aromatic N) is 3. The molecule has 2 amide bonds. The minimum absolute atomic E-state index is 0.285. The molecule has 1 unspecified atom stereocenters. The number of benzene rings is 1. The van der Waals surface area contributed by atoms with Crippen LogP contribution in [0.3, 0.4) is 0 Å². The molecule has 8 heteroatoms. The standard InChI is InChI=1S/C20H29N5O3/c1-6-12-22-19(26)25(15-7-9-16(28-5)10-8-15)17-11-13-21-18(24-17)23-14(2)20(3,4)27/h7-11,13-14,27H,6,12H2,1-5H3,(H,22,26)(H,21,23,24). The molecule has 0 radical (unpaired) electrons. The van der Waals surface area contributed by atoms with E-state index in [0.29, 0.717) is 29.7 Å². The van der Waals surface area contributed by atoms with Crippen LogP contribution < -0.4 is 20.3 Å². The van der Waals surface area contributed by atoms with Crippen LogP contribution in [0.4, 0.5) is 22.2 Å². The first-order valence-electron chi connectivity index (χ1n) is 9.30. The molecule has 1 heterocycles. The third kappa shape index (κ3) is 5.56. The van der Waals surface area contributed by atoms with Crippen LogP contribution in [-0.2, 0) is 0 Å². The van der Waals surface area contributed by atoms with Gasteiger partial charge < -0.3 is 20.5 Å². The van der Waals surface area contributed by atoms with Crippen molar-refractivity contribution in [3.05, 3.63) is 36.5 Å². The monoisotopic (exact) mass is 387 g/mol. The van der Waals surface area contributed by atoms with Crippen molar-refractivity contribution in [2.75, 3.05) is 23.9 Å². The molecule has 0 aliphatic rings. The minimum Gasteiger partial charge on any atom is -0.497 e. The Balaban J connectivity index is 2.36. The summed E-state index contributed by atoms with van der Waals surface area (Å²) in [5.41, 5.74) is -0.303. The van der Waals surface area contributed by atoms with Crippen molar-refractivity contribution in [1.29, 1.82) is 0 Å². The number of nitrogens with one attached hydrogen (secondary N) is 2. The van der Waals surface area contributed by atoms with Crippen molar-refractivity contribution in [3.8, 4) is 5.75 Å². The number of anilines is 3. The van der Waals surface area contributed by atoms with E-state index in [9.17, 15) is 9.90 Å². The van der Waals surface area contributed by atoms with Gasteiger partial charge in [0.05, 0.1) is 24.4 Å². The summed E-state index contributed by atoms with van der Waals surface area (Å²) in [6.45, 7) is 7.79. The lowest BCUT2D eigenvalue weighted by Gasteiger charge is -2.27. The second-order valence-corrected chi connectivity index (χ2v) is 7.02. The van der Waals surface area contributed by atoms with Crippen LogP contribution >= 0.6 is 0 Å². The van der Waals surface area contributed by atoms with Crippen molar-refractivity contribution in [1.82, 2.24) is 15.3 Å². The van der Waals surface area contributed by atoms with E-state index < -0.39 is 5.60 Å². The lowest BCUT2D eigenvalue weighted by molar-refractivity contribution is 0.0646. The van der Waals surface area contributed by atoms with E-state index >= 15 is 0 Å². The summed E-state index contributed by atoms with van der Waals surface area (Å²) >= 11 is 0.